The molecule has 0 unspecified atom stereocenters. The lowest BCUT2D eigenvalue weighted by molar-refractivity contribution is 0.0954. The topological polar surface area (TPSA) is 42.0 Å². The molecule has 3 nitrogen and oxygen atoms in total. The van der Waals surface area contributed by atoms with E-state index < -0.39 is 0 Å². The highest BCUT2D eigenvalue weighted by Crippen LogP contribution is 2.22. The van der Waals surface area contributed by atoms with Gasteiger partial charge in [-0.2, -0.15) is 0 Å². The molecule has 0 aliphatic carbocycles. The summed E-state index contributed by atoms with van der Waals surface area (Å²) in [6, 6.07) is 3.80. The largest absolute Gasteiger partial charge is 0.347 e. The van der Waals surface area contributed by atoms with Crippen molar-refractivity contribution in [1.29, 1.82) is 0 Å². The first-order valence-corrected chi connectivity index (χ1v) is 6.76. The fraction of sp³-hybridized carbons (Fsp3) is 0.167. The predicted molar refractivity (Wildman–Crippen MR) is 72.2 cm³/mol. The van der Waals surface area contributed by atoms with Crippen LogP contribution in [0, 0.1) is 6.92 Å². The van der Waals surface area contributed by atoms with Crippen LogP contribution in [-0.2, 0) is 6.54 Å². The van der Waals surface area contributed by atoms with E-state index in [0.29, 0.717) is 11.4 Å². The van der Waals surface area contributed by atoms with Gasteiger partial charge in [-0.05, 0) is 51.5 Å². The number of aromatic nitrogens is 1. The fourth-order valence-corrected chi connectivity index (χ4v) is 2.86. The summed E-state index contributed by atoms with van der Waals surface area (Å²) in [4.78, 5) is 16.6. The Morgan fingerprint density at radius 3 is 3.00 bits per heavy atom. The summed E-state index contributed by atoms with van der Waals surface area (Å²) in [6.07, 6.45) is 3.52. The zero-order chi connectivity index (χ0) is 12.3. The summed E-state index contributed by atoms with van der Waals surface area (Å²) in [7, 11) is 0. The van der Waals surface area contributed by atoms with Crippen LogP contribution in [0.25, 0.3) is 0 Å². The van der Waals surface area contributed by atoms with E-state index in [2.05, 4.69) is 26.2 Å². The molecule has 0 radical (unpaired) electrons. The number of hydrogen-bond donors (Lipinski definition) is 1. The van der Waals surface area contributed by atoms with Gasteiger partial charge in [0.25, 0.3) is 5.91 Å². The summed E-state index contributed by atoms with van der Waals surface area (Å²) in [5.74, 6) is -0.0601. The highest BCUT2D eigenvalue weighted by Gasteiger charge is 2.11. The third-order valence-corrected chi connectivity index (χ3v) is 4.25. The molecule has 0 saturated carbocycles. The standard InChI is InChI=1S/C12H11BrN2OS/c1-8-2-4-14-6-9(8)7-15-12(16)11-10(13)3-5-17-11/h2-6H,7H2,1H3,(H,15,16). The molecule has 2 aromatic heterocycles. The number of amides is 1. The Hall–Kier alpha value is -1.20. The van der Waals surface area contributed by atoms with Gasteiger partial charge < -0.3 is 5.32 Å². The lowest BCUT2D eigenvalue weighted by Gasteiger charge is -2.06. The van der Waals surface area contributed by atoms with Gasteiger partial charge in [0.05, 0.1) is 0 Å². The molecule has 5 heteroatoms. The summed E-state index contributed by atoms with van der Waals surface area (Å²) in [6.45, 7) is 2.51. The van der Waals surface area contributed by atoms with Crippen molar-refractivity contribution in [3.63, 3.8) is 0 Å². The number of carbonyl (C=O) groups excluding carboxylic acids is 1. The second-order valence-electron chi connectivity index (χ2n) is 3.58. The Bertz CT molecular complexity index is 539. The number of thiophene rings is 1. The van der Waals surface area contributed by atoms with Crippen molar-refractivity contribution in [1.82, 2.24) is 10.3 Å². The van der Waals surface area contributed by atoms with Gasteiger partial charge in [0.1, 0.15) is 4.88 Å². The summed E-state index contributed by atoms with van der Waals surface area (Å²) >= 11 is 4.77. The van der Waals surface area contributed by atoms with E-state index in [-0.39, 0.29) is 5.91 Å². The van der Waals surface area contributed by atoms with Crippen LogP contribution in [0.3, 0.4) is 0 Å². The third kappa shape index (κ3) is 2.92. The molecule has 17 heavy (non-hydrogen) atoms. The average molecular weight is 311 g/mol. The minimum atomic E-state index is -0.0601. The summed E-state index contributed by atoms with van der Waals surface area (Å²) < 4.78 is 0.836. The zero-order valence-corrected chi connectivity index (χ0v) is 11.6. The molecule has 2 heterocycles. The monoisotopic (exact) mass is 310 g/mol. The van der Waals surface area contributed by atoms with Crippen molar-refractivity contribution in [2.45, 2.75) is 13.5 Å². The highest BCUT2D eigenvalue weighted by atomic mass is 79.9. The van der Waals surface area contributed by atoms with Gasteiger partial charge in [0, 0.05) is 23.4 Å². The van der Waals surface area contributed by atoms with Crippen LogP contribution in [-0.4, -0.2) is 10.9 Å². The number of halogens is 1. The van der Waals surface area contributed by atoms with Gasteiger partial charge in [0.15, 0.2) is 0 Å². The van der Waals surface area contributed by atoms with E-state index in [4.69, 9.17) is 0 Å². The molecule has 0 bridgehead atoms. The van der Waals surface area contributed by atoms with Crippen molar-refractivity contribution in [2.75, 3.05) is 0 Å². The van der Waals surface area contributed by atoms with Gasteiger partial charge in [-0.25, -0.2) is 0 Å². The van der Waals surface area contributed by atoms with E-state index in [0.717, 1.165) is 15.6 Å². The molecule has 0 atom stereocenters. The third-order valence-electron chi connectivity index (χ3n) is 2.41. The van der Waals surface area contributed by atoms with Crippen LogP contribution in [0.15, 0.2) is 34.4 Å². The van der Waals surface area contributed by atoms with Crippen molar-refractivity contribution in [3.05, 3.63) is 50.4 Å². The maximum absolute atomic E-state index is 11.9. The predicted octanol–water partition coefficient (Wildman–Crippen LogP) is 3.14. The molecular weight excluding hydrogens is 300 g/mol. The number of rotatable bonds is 3. The number of carbonyl (C=O) groups is 1. The molecule has 0 saturated heterocycles. The van der Waals surface area contributed by atoms with Crippen molar-refractivity contribution in [2.24, 2.45) is 0 Å². The van der Waals surface area contributed by atoms with Gasteiger partial charge in [-0.15, -0.1) is 11.3 Å². The van der Waals surface area contributed by atoms with Gasteiger partial charge >= 0.3 is 0 Å². The quantitative estimate of drug-likeness (QED) is 0.946. The molecule has 88 valence electrons. The molecule has 0 aliphatic heterocycles. The Kier molecular flexibility index (Phi) is 3.91. The average Bonchev–Trinajstić information content (AvgIpc) is 2.74. The molecule has 1 N–H and O–H groups in total. The molecule has 0 aromatic carbocycles. The molecule has 0 fully saturated rings. The maximum Gasteiger partial charge on any atom is 0.262 e. The number of hydrogen-bond acceptors (Lipinski definition) is 3. The lowest BCUT2D eigenvalue weighted by atomic mass is 10.1. The first-order chi connectivity index (χ1) is 8.18. The molecule has 0 spiro atoms. The zero-order valence-electron chi connectivity index (χ0n) is 9.24. The molecule has 0 aliphatic rings. The molecule has 2 rings (SSSR count). The smallest absolute Gasteiger partial charge is 0.262 e. The lowest BCUT2D eigenvalue weighted by Crippen LogP contribution is -2.22. The van der Waals surface area contributed by atoms with Crippen LogP contribution < -0.4 is 5.32 Å². The van der Waals surface area contributed by atoms with Crippen molar-refractivity contribution >= 4 is 33.2 Å². The number of nitrogens with one attached hydrogen (secondary N) is 1. The Morgan fingerprint density at radius 2 is 2.35 bits per heavy atom. The van der Waals surface area contributed by atoms with E-state index in [9.17, 15) is 4.79 Å². The fourth-order valence-electron chi connectivity index (χ4n) is 1.39. The Labute approximate surface area is 112 Å². The van der Waals surface area contributed by atoms with Crippen LogP contribution in [0.5, 0.6) is 0 Å². The normalized spacial score (nSPS) is 10.2. The van der Waals surface area contributed by atoms with Gasteiger partial charge in [0.2, 0.25) is 0 Å². The SMILES string of the molecule is Cc1ccncc1CNC(=O)c1sccc1Br. The maximum atomic E-state index is 11.9. The van der Waals surface area contributed by atoms with Crippen LogP contribution in [0.1, 0.15) is 20.8 Å². The van der Waals surface area contributed by atoms with E-state index in [1.807, 2.05) is 24.4 Å². The Morgan fingerprint density at radius 1 is 1.53 bits per heavy atom. The van der Waals surface area contributed by atoms with Crippen LogP contribution in [0.2, 0.25) is 0 Å². The van der Waals surface area contributed by atoms with E-state index in [1.54, 1.807) is 12.4 Å². The van der Waals surface area contributed by atoms with Crippen LogP contribution >= 0.6 is 27.3 Å². The summed E-state index contributed by atoms with van der Waals surface area (Å²) in [5.41, 5.74) is 2.17. The van der Waals surface area contributed by atoms with E-state index >= 15 is 0 Å². The Balaban J connectivity index is 2.02. The van der Waals surface area contributed by atoms with Crippen molar-refractivity contribution in [3.8, 4) is 0 Å². The summed E-state index contributed by atoms with van der Waals surface area (Å²) in [5, 5.41) is 4.77. The number of nitrogens with zero attached hydrogens (tertiary/aromatic N) is 1. The first kappa shape index (κ1) is 12.3. The van der Waals surface area contributed by atoms with Crippen molar-refractivity contribution < 1.29 is 4.79 Å². The minimum absolute atomic E-state index is 0.0601. The highest BCUT2D eigenvalue weighted by molar-refractivity contribution is 9.10. The number of pyridine rings is 1. The molecule has 2 aromatic rings. The second-order valence-corrected chi connectivity index (χ2v) is 5.35. The van der Waals surface area contributed by atoms with Crippen LogP contribution in [0.4, 0.5) is 0 Å². The molecule has 1 amide bonds. The minimum Gasteiger partial charge on any atom is -0.347 e. The molecular formula is C12H11BrN2OS. The van der Waals surface area contributed by atoms with E-state index in [1.165, 1.54) is 11.3 Å². The first-order valence-electron chi connectivity index (χ1n) is 5.09. The second kappa shape index (κ2) is 5.42. The van der Waals surface area contributed by atoms with Gasteiger partial charge in [-0.3, -0.25) is 9.78 Å². The van der Waals surface area contributed by atoms with Gasteiger partial charge in [-0.1, -0.05) is 0 Å². The number of aryl methyl sites for hydroxylation is 1.